The zero-order chi connectivity index (χ0) is 11.0. The van der Waals surface area contributed by atoms with Gasteiger partial charge in [-0.3, -0.25) is 4.57 Å². The summed E-state index contributed by atoms with van der Waals surface area (Å²) in [4.78, 5) is 22.6. The van der Waals surface area contributed by atoms with Crippen LogP contribution in [0.2, 0.25) is 0 Å². The molecule has 6 nitrogen and oxygen atoms in total. The molecule has 88 valence electrons. The predicted octanol–water partition coefficient (Wildman–Crippen LogP) is 0.706. The number of nitrogens with zero attached hydrogens (tertiary/aromatic N) is 3. The number of aromatic amines is 1. The van der Waals surface area contributed by atoms with E-state index in [2.05, 4.69) is 15.0 Å². The molecule has 0 unspecified atom stereocenters. The minimum absolute atomic E-state index is 0. The number of imidazole rings is 1. The Morgan fingerprint density at radius 2 is 2.06 bits per heavy atom. The van der Waals surface area contributed by atoms with E-state index in [1.54, 1.807) is 0 Å². The summed E-state index contributed by atoms with van der Waals surface area (Å²) >= 11 is 0. The van der Waals surface area contributed by atoms with Gasteiger partial charge in [-0.25, -0.2) is 9.78 Å². The summed E-state index contributed by atoms with van der Waals surface area (Å²) in [5.41, 5.74) is 6.55. The standard InChI is InChI=1S/C9H13N5O.ClH/c1-3-5-11-6-7(10)14(4-2)9(15)13-8(6)12-5;/h3-4,10H2,1-2H3,(H,11,12,13,15);1H. The molecule has 0 aliphatic carbocycles. The highest BCUT2D eigenvalue weighted by atomic mass is 35.5. The first-order valence-corrected chi connectivity index (χ1v) is 4.92. The van der Waals surface area contributed by atoms with Crippen LogP contribution in [0.1, 0.15) is 19.7 Å². The Morgan fingerprint density at radius 1 is 1.38 bits per heavy atom. The summed E-state index contributed by atoms with van der Waals surface area (Å²) in [6, 6.07) is 0. The van der Waals surface area contributed by atoms with Gasteiger partial charge in [0.2, 0.25) is 0 Å². The summed E-state index contributed by atoms with van der Waals surface area (Å²) in [6.07, 6.45) is 0.760. The van der Waals surface area contributed by atoms with Gasteiger partial charge in [-0.2, -0.15) is 4.98 Å². The molecular formula is C9H14ClN5O. The van der Waals surface area contributed by atoms with E-state index in [4.69, 9.17) is 5.73 Å². The molecule has 0 aromatic carbocycles. The van der Waals surface area contributed by atoms with Crippen LogP contribution in [-0.2, 0) is 13.0 Å². The van der Waals surface area contributed by atoms with Crippen molar-refractivity contribution in [2.75, 3.05) is 5.73 Å². The Kier molecular flexibility index (Phi) is 3.54. The highest BCUT2D eigenvalue weighted by Crippen LogP contribution is 2.14. The lowest BCUT2D eigenvalue weighted by Crippen LogP contribution is -2.24. The first-order chi connectivity index (χ1) is 7.17. The Balaban J connectivity index is 0.00000128. The first kappa shape index (κ1) is 12.5. The second kappa shape index (κ2) is 4.52. The zero-order valence-electron chi connectivity index (χ0n) is 9.15. The first-order valence-electron chi connectivity index (χ1n) is 4.92. The van der Waals surface area contributed by atoms with Crippen LogP contribution in [0.15, 0.2) is 4.79 Å². The second-order valence-corrected chi connectivity index (χ2v) is 3.26. The molecule has 0 bridgehead atoms. The molecule has 2 rings (SSSR count). The van der Waals surface area contributed by atoms with Crippen LogP contribution < -0.4 is 11.4 Å². The third kappa shape index (κ3) is 1.76. The van der Waals surface area contributed by atoms with Crippen LogP contribution in [-0.4, -0.2) is 19.5 Å². The fourth-order valence-electron chi connectivity index (χ4n) is 1.53. The van der Waals surface area contributed by atoms with Crippen molar-refractivity contribution in [3.8, 4) is 0 Å². The maximum atomic E-state index is 11.5. The van der Waals surface area contributed by atoms with Crippen LogP contribution in [0.3, 0.4) is 0 Å². The molecule has 0 saturated heterocycles. The van der Waals surface area contributed by atoms with E-state index < -0.39 is 0 Å². The van der Waals surface area contributed by atoms with Crippen molar-refractivity contribution in [2.45, 2.75) is 26.8 Å². The van der Waals surface area contributed by atoms with Gasteiger partial charge in [0.05, 0.1) is 0 Å². The van der Waals surface area contributed by atoms with Gasteiger partial charge in [-0.15, -0.1) is 12.4 Å². The van der Waals surface area contributed by atoms with Gasteiger partial charge in [-0.1, -0.05) is 6.92 Å². The van der Waals surface area contributed by atoms with Gasteiger partial charge in [0, 0.05) is 13.0 Å². The number of nitrogen functional groups attached to an aromatic ring is 1. The van der Waals surface area contributed by atoms with Gasteiger partial charge in [0.1, 0.15) is 17.2 Å². The second-order valence-electron chi connectivity index (χ2n) is 3.26. The molecule has 16 heavy (non-hydrogen) atoms. The minimum Gasteiger partial charge on any atom is -0.383 e. The van der Waals surface area contributed by atoms with Crippen molar-refractivity contribution in [3.63, 3.8) is 0 Å². The Labute approximate surface area is 98.3 Å². The molecule has 0 spiro atoms. The van der Waals surface area contributed by atoms with E-state index in [-0.39, 0.29) is 18.1 Å². The highest BCUT2D eigenvalue weighted by Gasteiger charge is 2.11. The fraction of sp³-hybridized carbons (Fsp3) is 0.444. The van der Waals surface area contributed by atoms with Crippen molar-refractivity contribution in [1.82, 2.24) is 19.5 Å². The van der Waals surface area contributed by atoms with E-state index in [1.165, 1.54) is 4.57 Å². The quantitative estimate of drug-likeness (QED) is 0.813. The smallest absolute Gasteiger partial charge is 0.351 e. The molecule has 2 aromatic rings. The van der Waals surface area contributed by atoms with Crippen LogP contribution in [0.5, 0.6) is 0 Å². The molecule has 2 heterocycles. The number of halogens is 1. The van der Waals surface area contributed by atoms with Crippen molar-refractivity contribution < 1.29 is 0 Å². The maximum absolute atomic E-state index is 11.5. The fourth-order valence-corrected chi connectivity index (χ4v) is 1.53. The number of rotatable bonds is 2. The van der Waals surface area contributed by atoms with Crippen molar-refractivity contribution >= 4 is 29.4 Å². The van der Waals surface area contributed by atoms with Gasteiger partial charge in [0.25, 0.3) is 0 Å². The molecule has 0 aliphatic heterocycles. The lowest BCUT2D eigenvalue weighted by atomic mass is 10.4. The summed E-state index contributed by atoms with van der Waals surface area (Å²) < 4.78 is 1.42. The summed E-state index contributed by atoms with van der Waals surface area (Å²) in [7, 11) is 0. The molecule has 0 radical (unpaired) electrons. The summed E-state index contributed by atoms with van der Waals surface area (Å²) in [6.45, 7) is 4.33. The third-order valence-corrected chi connectivity index (χ3v) is 2.36. The molecular weight excluding hydrogens is 230 g/mol. The van der Waals surface area contributed by atoms with E-state index in [0.717, 1.165) is 12.2 Å². The third-order valence-electron chi connectivity index (χ3n) is 2.36. The molecule has 0 atom stereocenters. The number of aromatic nitrogens is 4. The summed E-state index contributed by atoms with van der Waals surface area (Å²) in [5.74, 6) is 1.19. The Bertz CT molecular complexity index is 559. The molecule has 0 fully saturated rings. The number of hydrogen-bond acceptors (Lipinski definition) is 4. The van der Waals surface area contributed by atoms with E-state index in [1.807, 2.05) is 13.8 Å². The minimum atomic E-state index is -0.350. The van der Waals surface area contributed by atoms with Gasteiger partial charge in [-0.05, 0) is 6.92 Å². The average Bonchev–Trinajstić information content (AvgIpc) is 2.61. The zero-order valence-corrected chi connectivity index (χ0v) is 9.97. The molecule has 3 N–H and O–H groups in total. The van der Waals surface area contributed by atoms with Crippen LogP contribution >= 0.6 is 12.4 Å². The molecule has 7 heteroatoms. The van der Waals surface area contributed by atoms with E-state index >= 15 is 0 Å². The lowest BCUT2D eigenvalue weighted by Gasteiger charge is -2.04. The van der Waals surface area contributed by atoms with Crippen LogP contribution in [0, 0.1) is 0 Å². The number of anilines is 1. The van der Waals surface area contributed by atoms with E-state index in [9.17, 15) is 4.79 Å². The monoisotopic (exact) mass is 243 g/mol. The molecule has 2 aromatic heterocycles. The predicted molar refractivity (Wildman–Crippen MR) is 64.9 cm³/mol. The number of hydrogen-bond donors (Lipinski definition) is 2. The number of aryl methyl sites for hydroxylation is 1. The Hall–Kier alpha value is -1.56. The largest absolute Gasteiger partial charge is 0.383 e. The van der Waals surface area contributed by atoms with Crippen LogP contribution in [0.25, 0.3) is 11.2 Å². The van der Waals surface area contributed by atoms with Crippen molar-refractivity contribution in [3.05, 3.63) is 16.3 Å². The van der Waals surface area contributed by atoms with Crippen molar-refractivity contribution in [1.29, 1.82) is 0 Å². The summed E-state index contributed by atoms with van der Waals surface area (Å²) in [5, 5.41) is 0. The number of H-pyrrole nitrogens is 1. The molecule has 0 aliphatic rings. The van der Waals surface area contributed by atoms with Gasteiger partial charge >= 0.3 is 5.69 Å². The normalized spacial score (nSPS) is 10.4. The average molecular weight is 244 g/mol. The number of nitrogens with one attached hydrogen (secondary N) is 1. The molecule has 0 amide bonds. The SMILES string of the molecule is CCc1nc2nc(=O)n(CC)c(N)c2[nH]1.Cl. The van der Waals surface area contributed by atoms with Gasteiger partial charge in [0.15, 0.2) is 5.65 Å². The van der Waals surface area contributed by atoms with Crippen molar-refractivity contribution in [2.24, 2.45) is 0 Å². The topological polar surface area (TPSA) is 89.6 Å². The van der Waals surface area contributed by atoms with Crippen LogP contribution in [0.4, 0.5) is 5.82 Å². The number of nitrogens with two attached hydrogens (primary N) is 1. The highest BCUT2D eigenvalue weighted by molar-refractivity contribution is 5.85. The Morgan fingerprint density at radius 3 is 2.62 bits per heavy atom. The maximum Gasteiger partial charge on any atom is 0.351 e. The lowest BCUT2D eigenvalue weighted by molar-refractivity contribution is 0.718. The van der Waals surface area contributed by atoms with E-state index in [0.29, 0.717) is 23.5 Å². The number of fused-ring (bicyclic) bond motifs is 1. The van der Waals surface area contributed by atoms with Gasteiger partial charge < -0.3 is 10.7 Å². The molecule has 0 saturated carbocycles.